The first-order chi connectivity index (χ1) is 14.5. The summed E-state index contributed by atoms with van der Waals surface area (Å²) >= 11 is 9.70. The Hall–Kier alpha value is -2.16. The van der Waals surface area contributed by atoms with Gasteiger partial charge in [0.15, 0.2) is 0 Å². The Morgan fingerprint density at radius 2 is 2.10 bits per heavy atom. The Kier molecular flexibility index (Phi) is 5.52. The molecule has 1 aliphatic carbocycles. The second kappa shape index (κ2) is 7.76. The topological polar surface area (TPSA) is 93.7 Å². The average Bonchev–Trinajstić information content (AvgIpc) is 3.16. The summed E-state index contributed by atoms with van der Waals surface area (Å²) in [6.45, 7) is 6.44. The molecule has 0 radical (unpaired) electrons. The van der Waals surface area contributed by atoms with Gasteiger partial charge in [0.2, 0.25) is 0 Å². The van der Waals surface area contributed by atoms with Crippen molar-refractivity contribution in [2.75, 3.05) is 5.32 Å². The number of halogens is 3. The van der Waals surface area contributed by atoms with Crippen LogP contribution in [0.25, 0.3) is 5.52 Å². The van der Waals surface area contributed by atoms with E-state index in [-0.39, 0.29) is 28.5 Å². The van der Waals surface area contributed by atoms with Gasteiger partial charge in [-0.25, -0.2) is 13.9 Å². The fourth-order valence-electron chi connectivity index (χ4n) is 4.08. The highest BCUT2D eigenvalue weighted by molar-refractivity contribution is 9.10. The molecule has 3 aromatic rings. The lowest BCUT2D eigenvalue weighted by Gasteiger charge is -2.39. The number of hydrogen-bond acceptors (Lipinski definition) is 4. The fraction of sp³-hybridized carbons (Fsp3) is 0.364. The molecule has 1 aliphatic rings. The fourth-order valence-corrected chi connectivity index (χ4v) is 4.66. The third kappa shape index (κ3) is 3.92. The number of nitrogens with zero attached hydrogens (tertiary/aromatic N) is 3. The van der Waals surface area contributed by atoms with Gasteiger partial charge >= 0.3 is 0 Å². The maximum atomic E-state index is 13.7. The highest BCUT2D eigenvalue weighted by Crippen LogP contribution is 2.46. The summed E-state index contributed by atoms with van der Waals surface area (Å²) in [7, 11) is 0. The normalized spacial score (nSPS) is 23.5. The molecule has 5 N–H and O–H groups in total. The molecule has 0 bridgehead atoms. The molecule has 2 aromatic heterocycles. The standard InChI is InChI=1S/C22H25BrClFN6/c1-21(2)18(6-7-22(21,3)27)30-19-14(10-28-31-11-12(23)8-17(19)31)20(26)29-16-9-13(25)4-5-15(16)24/h4-5,8-11,18,30H,6-7,27H2,1-3H3,(H2,26,29)/t18-,22+/m1/s1. The van der Waals surface area contributed by atoms with Crippen molar-refractivity contribution in [3.63, 3.8) is 0 Å². The SMILES string of the molecule is CC1(C)[C@H](Nc2c(/C(N)=N/c3cc(F)ccc3Cl)cnn3cc(Br)cc23)CC[C@]1(C)N. The van der Waals surface area contributed by atoms with Crippen molar-refractivity contribution in [1.82, 2.24) is 9.61 Å². The molecule has 1 aromatic carbocycles. The Bertz CT molecular complexity index is 1190. The molecule has 1 saturated carbocycles. The van der Waals surface area contributed by atoms with Gasteiger partial charge in [-0.15, -0.1) is 0 Å². The molecule has 0 amide bonds. The van der Waals surface area contributed by atoms with Gasteiger partial charge in [0.1, 0.15) is 11.7 Å². The number of fused-ring (bicyclic) bond motifs is 1. The van der Waals surface area contributed by atoms with Crippen molar-refractivity contribution < 1.29 is 4.39 Å². The van der Waals surface area contributed by atoms with Crippen molar-refractivity contribution in [3.05, 3.63) is 57.5 Å². The van der Waals surface area contributed by atoms with Crippen LogP contribution in [0.3, 0.4) is 0 Å². The minimum Gasteiger partial charge on any atom is -0.383 e. The number of aliphatic imine (C=N–C) groups is 1. The maximum Gasteiger partial charge on any atom is 0.135 e. The lowest BCUT2D eigenvalue weighted by molar-refractivity contribution is 0.215. The van der Waals surface area contributed by atoms with Crippen molar-refractivity contribution in [2.24, 2.45) is 21.9 Å². The first-order valence-electron chi connectivity index (χ1n) is 10.0. The van der Waals surface area contributed by atoms with Crippen molar-refractivity contribution >= 4 is 50.3 Å². The van der Waals surface area contributed by atoms with E-state index in [9.17, 15) is 4.39 Å². The molecular formula is C22H25BrClFN6. The molecule has 1 fully saturated rings. The number of hydrogen-bond donors (Lipinski definition) is 3. The van der Waals surface area contributed by atoms with Crippen LogP contribution in [0.5, 0.6) is 0 Å². The molecule has 0 unspecified atom stereocenters. The molecule has 0 aliphatic heterocycles. The molecule has 0 spiro atoms. The third-order valence-electron chi connectivity index (χ3n) is 6.64. The zero-order valence-electron chi connectivity index (χ0n) is 17.6. The first-order valence-corrected chi connectivity index (χ1v) is 11.2. The monoisotopic (exact) mass is 506 g/mol. The summed E-state index contributed by atoms with van der Waals surface area (Å²) in [5, 5.41) is 8.45. The number of aromatic nitrogens is 2. The van der Waals surface area contributed by atoms with Gasteiger partial charge < -0.3 is 16.8 Å². The van der Waals surface area contributed by atoms with Gasteiger partial charge in [0, 0.05) is 33.7 Å². The van der Waals surface area contributed by atoms with Crippen LogP contribution in [0.15, 0.2) is 46.1 Å². The van der Waals surface area contributed by atoms with Gasteiger partial charge in [-0.2, -0.15) is 5.10 Å². The van der Waals surface area contributed by atoms with Gasteiger partial charge in [-0.05, 0) is 53.9 Å². The molecule has 9 heteroatoms. The van der Waals surface area contributed by atoms with E-state index >= 15 is 0 Å². The van der Waals surface area contributed by atoms with Gasteiger partial charge in [0.05, 0.1) is 33.7 Å². The zero-order chi connectivity index (χ0) is 22.6. The summed E-state index contributed by atoms with van der Waals surface area (Å²) in [5.41, 5.74) is 15.0. The van der Waals surface area contributed by atoms with E-state index in [0.29, 0.717) is 10.6 Å². The molecular weight excluding hydrogens is 483 g/mol. The molecule has 0 saturated heterocycles. The Balaban J connectivity index is 1.83. The Morgan fingerprint density at radius 1 is 1.35 bits per heavy atom. The number of nitrogens with two attached hydrogens (primary N) is 2. The number of anilines is 1. The van der Waals surface area contributed by atoms with Gasteiger partial charge in [-0.1, -0.05) is 25.4 Å². The van der Waals surface area contributed by atoms with E-state index in [0.717, 1.165) is 28.5 Å². The van der Waals surface area contributed by atoms with Crippen LogP contribution in [0.1, 0.15) is 39.2 Å². The molecule has 2 heterocycles. The maximum absolute atomic E-state index is 13.7. The molecule has 164 valence electrons. The smallest absolute Gasteiger partial charge is 0.135 e. The molecule has 4 rings (SSSR count). The lowest BCUT2D eigenvalue weighted by atomic mass is 9.75. The van der Waals surface area contributed by atoms with Crippen LogP contribution >= 0.6 is 27.5 Å². The van der Waals surface area contributed by atoms with Gasteiger partial charge in [-0.3, -0.25) is 0 Å². The van der Waals surface area contributed by atoms with E-state index in [1.807, 2.05) is 12.3 Å². The number of rotatable bonds is 4. The highest BCUT2D eigenvalue weighted by Gasteiger charge is 2.49. The van der Waals surface area contributed by atoms with E-state index in [1.165, 1.54) is 18.2 Å². The average molecular weight is 508 g/mol. The molecule has 31 heavy (non-hydrogen) atoms. The van der Waals surface area contributed by atoms with Crippen LogP contribution in [0.4, 0.5) is 15.8 Å². The predicted molar refractivity (Wildman–Crippen MR) is 128 cm³/mol. The van der Waals surface area contributed by atoms with E-state index in [2.05, 4.69) is 52.1 Å². The number of nitrogens with one attached hydrogen (secondary N) is 1. The molecule has 2 atom stereocenters. The van der Waals surface area contributed by atoms with E-state index < -0.39 is 5.82 Å². The summed E-state index contributed by atoms with van der Waals surface area (Å²) < 4.78 is 16.4. The van der Waals surface area contributed by atoms with Crippen molar-refractivity contribution in [1.29, 1.82) is 0 Å². The number of benzene rings is 1. The minimum atomic E-state index is -0.437. The van der Waals surface area contributed by atoms with Crippen molar-refractivity contribution in [2.45, 2.75) is 45.2 Å². The summed E-state index contributed by atoms with van der Waals surface area (Å²) in [5.74, 6) is -0.248. The summed E-state index contributed by atoms with van der Waals surface area (Å²) in [4.78, 5) is 4.40. The van der Waals surface area contributed by atoms with Crippen LogP contribution < -0.4 is 16.8 Å². The second-order valence-electron chi connectivity index (χ2n) is 8.89. The van der Waals surface area contributed by atoms with E-state index in [1.54, 1.807) is 10.7 Å². The Morgan fingerprint density at radius 3 is 2.77 bits per heavy atom. The molecule has 6 nitrogen and oxygen atoms in total. The number of amidine groups is 1. The quantitative estimate of drug-likeness (QED) is 0.332. The third-order valence-corrected chi connectivity index (χ3v) is 7.40. The van der Waals surface area contributed by atoms with E-state index in [4.69, 9.17) is 23.1 Å². The minimum absolute atomic E-state index is 0.117. The van der Waals surface area contributed by atoms with Crippen LogP contribution in [0.2, 0.25) is 5.02 Å². The first kappa shape index (κ1) is 22.0. The van der Waals surface area contributed by atoms with Gasteiger partial charge in [0.25, 0.3) is 0 Å². The Labute approximate surface area is 194 Å². The van der Waals surface area contributed by atoms with Crippen LogP contribution in [0, 0.1) is 11.2 Å². The van der Waals surface area contributed by atoms with Crippen LogP contribution in [-0.4, -0.2) is 27.0 Å². The second-order valence-corrected chi connectivity index (χ2v) is 10.2. The summed E-state index contributed by atoms with van der Waals surface area (Å²) in [6, 6.07) is 6.07. The lowest BCUT2D eigenvalue weighted by Crippen LogP contribution is -2.51. The highest BCUT2D eigenvalue weighted by atomic mass is 79.9. The van der Waals surface area contributed by atoms with Crippen LogP contribution in [-0.2, 0) is 0 Å². The summed E-state index contributed by atoms with van der Waals surface area (Å²) in [6.07, 6.45) is 5.34. The zero-order valence-corrected chi connectivity index (χ0v) is 19.9. The van der Waals surface area contributed by atoms with Crippen molar-refractivity contribution in [3.8, 4) is 0 Å². The predicted octanol–water partition coefficient (Wildman–Crippen LogP) is 5.24. The largest absolute Gasteiger partial charge is 0.383 e.